The normalized spacial score (nSPS) is 17.4. The molecule has 3 heteroatoms. The molecule has 0 radical (unpaired) electrons. The summed E-state index contributed by atoms with van der Waals surface area (Å²) in [6.07, 6.45) is 0. The van der Waals surface area contributed by atoms with E-state index in [1.165, 1.54) is 21.8 Å². The Morgan fingerprint density at radius 2 is 1.89 bits per heavy atom. The minimum absolute atomic E-state index is 0.633. The van der Waals surface area contributed by atoms with Gasteiger partial charge < -0.3 is 5.32 Å². The van der Waals surface area contributed by atoms with Crippen LogP contribution in [0.25, 0.3) is 0 Å². The van der Waals surface area contributed by atoms with Crippen LogP contribution in [0.1, 0.15) is 17.0 Å². The largest absolute Gasteiger partial charge is 0.312 e. The van der Waals surface area contributed by atoms with Crippen LogP contribution in [0.15, 0.2) is 53.4 Å². The van der Waals surface area contributed by atoms with E-state index in [1.807, 2.05) is 23.9 Å². The molecule has 1 atom stereocenters. The van der Waals surface area contributed by atoms with Crippen molar-refractivity contribution in [1.82, 2.24) is 5.32 Å². The molecule has 1 heterocycles. The second-order valence-corrected chi connectivity index (χ2v) is 6.30. The van der Waals surface area contributed by atoms with Crippen molar-refractivity contribution in [2.24, 2.45) is 0 Å². The van der Waals surface area contributed by atoms with Gasteiger partial charge in [-0.2, -0.15) is 0 Å². The Kier molecular flexibility index (Phi) is 4.12. The predicted octanol–water partition coefficient (Wildman–Crippen LogP) is 4.32. The topological polar surface area (TPSA) is 12.0 Å². The molecule has 0 saturated carbocycles. The van der Waals surface area contributed by atoms with Crippen molar-refractivity contribution in [1.29, 1.82) is 0 Å². The minimum atomic E-state index is 0.633. The van der Waals surface area contributed by atoms with Crippen molar-refractivity contribution in [3.8, 4) is 0 Å². The first-order chi connectivity index (χ1) is 9.33. The number of fused-ring (bicyclic) bond motifs is 1. The van der Waals surface area contributed by atoms with Crippen molar-refractivity contribution >= 4 is 23.4 Å². The van der Waals surface area contributed by atoms with Crippen LogP contribution in [0.3, 0.4) is 0 Å². The molecular weight excluding hydrogens is 274 g/mol. The Morgan fingerprint density at radius 3 is 2.74 bits per heavy atom. The molecule has 0 bridgehead atoms. The summed E-state index contributed by atoms with van der Waals surface area (Å²) in [5.41, 5.74) is 2.78. The molecule has 0 aliphatic carbocycles. The second-order valence-electron chi connectivity index (χ2n) is 4.80. The average Bonchev–Trinajstić information content (AvgIpc) is 2.85. The molecule has 0 spiro atoms. The lowest BCUT2D eigenvalue weighted by Gasteiger charge is -2.12. The van der Waals surface area contributed by atoms with Gasteiger partial charge in [0, 0.05) is 34.7 Å². The summed E-state index contributed by atoms with van der Waals surface area (Å²) in [6, 6.07) is 16.8. The molecule has 0 saturated heterocycles. The molecule has 1 nitrogen and oxygen atoms in total. The fourth-order valence-corrected chi connectivity index (χ4v) is 3.77. The third kappa shape index (κ3) is 3.14. The van der Waals surface area contributed by atoms with E-state index in [4.69, 9.17) is 11.6 Å². The molecule has 0 aromatic heterocycles. The molecule has 2 aromatic carbocycles. The van der Waals surface area contributed by atoms with Gasteiger partial charge in [0.25, 0.3) is 0 Å². The maximum absolute atomic E-state index is 5.88. The lowest BCUT2D eigenvalue weighted by Crippen LogP contribution is -2.21. The van der Waals surface area contributed by atoms with Crippen molar-refractivity contribution in [3.63, 3.8) is 0 Å². The zero-order chi connectivity index (χ0) is 13.1. The van der Waals surface area contributed by atoms with Gasteiger partial charge in [-0.05, 0) is 29.3 Å². The SMILES string of the molecule is Clc1ccc(CNCC2CSc3ccccc32)cc1. The monoisotopic (exact) mass is 289 g/mol. The van der Waals surface area contributed by atoms with Crippen molar-refractivity contribution in [2.75, 3.05) is 12.3 Å². The van der Waals surface area contributed by atoms with Gasteiger partial charge in [-0.15, -0.1) is 11.8 Å². The molecule has 1 N–H and O–H groups in total. The summed E-state index contributed by atoms with van der Waals surface area (Å²) >= 11 is 7.85. The Bertz CT molecular complexity index is 553. The summed E-state index contributed by atoms with van der Waals surface area (Å²) < 4.78 is 0. The van der Waals surface area contributed by atoms with E-state index in [9.17, 15) is 0 Å². The fraction of sp³-hybridized carbons (Fsp3) is 0.250. The molecular formula is C16H16ClNS. The van der Waals surface area contributed by atoms with E-state index in [0.29, 0.717) is 5.92 Å². The zero-order valence-electron chi connectivity index (χ0n) is 10.6. The van der Waals surface area contributed by atoms with E-state index >= 15 is 0 Å². The minimum Gasteiger partial charge on any atom is -0.312 e. The lowest BCUT2D eigenvalue weighted by atomic mass is 10.0. The van der Waals surface area contributed by atoms with Crippen LogP contribution in [-0.2, 0) is 6.54 Å². The first-order valence-electron chi connectivity index (χ1n) is 6.50. The Hall–Kier alpha value is -0.960. The number of thioether (sulfide) groups is 1. The summed E-state index contributed by atoms with van der Waals surface area (Å²) in [4.78, 5) is 1.45. The first-order valence-corrected chi connectivity index (χ1v) is 7.86. The van der Waals surface area contributed by atoms with Gasteiger partial charge in [-0.3, -0.25) is 0 Å². The van der Waals surface area contributed by atoms with Crippen LogP contribution in [0, 0.1) is 0 Å². The molecule has 1 aliphatic heterocycles. The van der Waals surface area contributed by atoms with Crippen molar-refractivity contribution < 1.29 is 0 Å². The van der Waals surface area contributed by atoms with Gasteiger partial charge in [0.1, 0.15) is 0 Å². The molecule has 2 aromatic rings. The summed E-state index contributed by atoms with van der Waals surface area (Å²) in [5.74, 6) is 1.82. The van der Waals surface area contributed by atoms with E-state index < -0.39 is 0 Å². The Labute approximate surface area is 123 Å². The Balaban J connectivity index is 1.55. The predicted molar refractivity (Wildman–Crippen MR) is 83.1 cm³/mol. The molecule has 3 rings (SSSR count). The number of halogens is 1. The van der Waals surface area contributed by atoms with E-state index in [2.05, 4.69) is 41.7 Å². The smallest absolute Gasteiger partial charge is 0.0406 e. The molecule has 1 aliphatic rings. The quantitative estimate of drug-likeness (QED) is 0.900. The van der Waals surface area contributed by atoms with Crippen LogP contribution in [0.5, 0.6) is 0 Å². The highest BCUT2D eigenvalue weighted by molar-refractivity contribution is 7.99. The zero-order valence-corrected chi connectivity index (χ0v) is 12.2. The van der Waals surface area contributed by atoms with Gasteiger partial charge in [0.15, 0.2) is 0 Å². The average molecular weight is 290 g/mol. The van der Waals surface area contributed by atoms with Gasteiger partial charge >= 0.3 is 0 Å². The highest BCUT2D eigenvalue weighted by atomic mass is 35.5. The number of rotatable bonds is 4. The standard InChI is InChI=1S/C16H16ClNS/c17-14-7-5-12(6-8-14)9-18-10-13-11-19-16-4-2-1-3-15(13)16/h1-8,13,18H,9-11H2. The molecule has 19 heavy (non-hydrogen) atoms. The van der Waals surface area contributed by atoms with E-state index in [-0.39, 0.29) is 0 Å². The number of hydrogen-bond acceptors (Lipinski definition) is 2. The Morgan fingerprint density at radius 1 is 1.11 bits per heavy atom. The van der Waals surface area contributed by atoms with Crippen molar-refractivity contribution in [2.45, 2.75) is 17.4 Å². The molecule has 0 fully saturated rings. The lowest BCUT2D eigenvalue weighted by molar-refractivity contribution is 0.621. The number of hydrogen-bond donors (Lipinski definition) is 1. The molecule has 98 valence electrons. The van der Waals surface area contributed by atoms with Gasteiger partial charge in [-0.25, -0.2) is 0 Å². The highest BCUT2D eigenvalue weighted by Crippen LogP contribution is 2.38. The third-order valence-corrected chi connectivity index (χ3v) is 4.94. The second kappa shape index (κ2) is 6.00. The fourth-order valence-electron chi connectivity index (χ4n) is 2.39. The van der Waals surface area contributed by atoms with Gasteiger partial charge in [0.05, 0.1) is 0 Å². The first kappa shape index (κ1) is 13.0. The molecule has 1 unspecified atom stereocenters. The van der Waals surface area contributed by atoms with Gasteiger partial charge in [-0.1, -0.05) is 41.9 Å². The van der Waals surface area contributed by atoms with E-state index in [1.54, 1.807) is 0 Å². The summed E-state index contributed by atoms with van der Waals surface area (Å²) in [5, 5.41) is 4.34. The van der Waals surface area contributed by atoms with Crippen molar-refractivity contribution in [3.05, 3.63) is 64.7 Å². The maximum Gasteiger partial charge on any atom is 0.0406 e. The number of nitrogens with one attached hydrogen (secondary N) is 1. The summed E-state index contributed by atoms with van der Waals surface area (Å²) in [6.45, 7) is 1.94. The maximum atomic E-state index is 5.88. The van der Waals surface area contributed by atoms with Crippen LogP contribution >= 0.6 is 23.4 Å². The van der Waals surface area contributed by atoms with Crippen LogP contribution in [0.2, 0.25) is 5.02 Å². The number of benzene rings is 2. The third-order valence-electron chi connectivity index (χ3n) is 3.43. The molecule has 0 amide bonds. The van der Waals surface area contributed by atoms with Crippen LogP contribution < -0.4 is 5.32 Å². The van der Waals surface area contributed by atoms with E-state index in [0.717, 1.165) is 18.1 Å². The van der Waals surface area contributed by atoms with Crippen LogP contribution in [0.4, 0.5) is 0 Å². The summed E-state index contributed by atoms with van der Waals surface area (Å²) in [7, 11) is 0. The van der Waals surface area contributed by atoms with Crippen LogP contribution in [-0.4, -0.2) is 12.3 Å². The van der Waals surface area contributed by atoms with Gasteiger partial charge in [0.2, 0.25) is 0 Å². The highest BCUT2D eigenvalue weighted by Gasteiger charge is 2.21.